The highest BCUT2D eigenvalue weighted by atomic mass is 16.6. The molecule has 0 atom stereocenters. The van der Waals surface area contributed by atoms with Crippen LogP contribution < -0.4 is 10.6 Å². The molecule has 8 nitrogen and oxygen atoms in total. The maximum atomic E-state index is 11.8. The van der Waals surface area contributed by atoms with Gasteiger partial charge in [0.2, 0.25) is 11.6 Å². The molecule has 2 heterocycles. The number of nitrogens with zero attached hydrogens (tertiary/aromatic N) is 4. The number of nitro groups is 1. The minimum Gasteiger partial charge on any atom is -0.361 e. The van der Waals surface area contributed by atoms with Gasteiger partial charge in [-0.2, -0.15) is 0 Å². The number of anilines is 3. The van der Waals surface area contributed by atoms with Gasteiger partial charge in [-0.25, -0.2) is 9.97 Å². The summed E-state index contributed by atoms with van der Waals surface area (Å²) in [7, 11) is 0. The second-order valence-corrected chi connectivity index (χ2v) is 7.11. The van der Waals surface area contributed by atoms with Crippen LogP contribution in [0.15, 0.2) is 36.7 Å². The molecule has 0 aliphatic heterocycles. The fourth-order valence-electron chi connectivity index (χ4n) is 3.66. The molecule has 1 saturated carbocycles. The first-order valence-corrected chi connectivity index (χ1v) is 9.51. The van der Waals surface area contributed by atoms with Crippen molar-refractivity contribution >= 4 is 33.9 Å². The van der Waals surface area contributed by atoms with Crippen molar-refractivity contribution < 1.29 is 4.92 Å². The molecule has 0 amide bonds. The van der Waals surface area contributed by atoms with Crippen molar-refractivity contribution in [3.05, 3.63) is 52.5 Å². The molecule has 0 bridgehead atoms. The zero-order valence-corrected chi connectivity index (χ0v) is 15.7. The number of hydrogen-bond donors (Lipinski definition) is 2. The highest BCUT2D eigenvalue weighted by Crippen LogP contribution is 2.34. The number of aromatic nitrogens is 3. The lowest BCUT2D eigenvalue weighted by atomic mass is 9.95. The van der Waals surface area contributed by atoms with Crippen LogP contribution in [0.5, 0.6) is 0 Å². The van der Waals surface area contributed by atoms with Gasteiger partial charge in [0.25, 0.3) is 0 Å². The van der Waals surface area contributed by atoms with E-state index in [-0.39, 0.29) is 23.4 Å². The van der Waals surface area contributed by atoms with Crippen LogP contribution in [0.4, 0.5) is 23.0 Å². The standard InChI is InChI=1S/C20H22N6O2/c1-13-10-11-14-6-5-9-16(17(14)23-13)25-20-18(26(27)28)19(21-12-22-20)24-15-7-3-2-4-8-15/h5-6,9-12,15H,2-4,7-8H2,1H3,(H2,21,22,24,25). The zero-order chi connectivity index (χ0) is 19.5. The number of rotatable bonds is 5. The molecule has 144 valence electrons. The average Bonchev–Trinajstić information content (AvgIpc) is 2.69. The Hall–Kier alpha value is -3.29. The first kappa shape index (κ1) is 18.1. The number of fused-ring (bicyclic) bond motifs is 1. The maximum absolute atomic E-state index is 11.8. The summed E-state index contributed by atoms with van der Waals surface area (Å²) < 4.78 is 0. The van der Waals surface area contributed by atoms with Gasteiger partial charge in [0.15, 0.2) is 0 Å². The van der Waals surface area contributed by atoms with E-state index in [1.54, 1.807) is 0 Å². The molecular weight excluding hydrogens is 356 g/mol. The molecule has 3 aromatic rings. The van der Waals surface area contributed by atoms with Crippen LogP contribution in [0.2, 0.25) is 0 Å². The van der Waals surface area contributed by atoms with Crippen molar-refractivity contribution in [2.45, 2.75) is 45.1 Å². The minimum absolute atomic E-state index is 0.141. The van der Waals surface area contributed by atoms with Crippen molar-refractivity contribution in [3.8, 4) is 0 Å². The molecule has 8 heteroatoms. The van der Waals surface area contributed by atoms with E-state index in [4.69, 9.17) is 0 Å². The number of pyridine rings is 1. The normalized spacial score (nSPS) is 14.8. The number of benzene rings is 1. The Morgan fingerprint density at radius 2 is 1.86 bits per heavy atom. The van der Waals surface area contributed by atoms with Crippen LogP contribution in [0.1, 0.15) is 37.8 Å². The van der Waals surface area contributed by atoms with Crippen molar-refractivity contribution in [2.24, 2.45) is 0 Å². The van der Waals surface area contributed by atoms with Crippen molar-refractivity contribution in [3.63, 3.8) is 0 Å². The third kappa shape index (κ3) is 3.71. The SMILES string of the molecule is Cc1ccc2cccc(Nc3ncnc(NC4CCCCC4)c3[N+](=O)[O-])c2n1. The monoisotopic (exact) mass is 378 g/mol. The van der Waals surface area contributed by atoms with Crippen LogP contribution >= 0.6 is 0 Å². The first-order valence-electron chi connectivity index (χ1n) is 9.51. The fourth-order valence-corrected chi connectivity index (χ4v) is 3.66. The van der Waals surface area contributed by atoms with E-state index in [2.05, 4.69) is 25.6 Å². The van der Waals surface area contributed by atoms with Gasteiger partial charge in [0.1, 0.15) is 6.33 Å². The summed E-state index contributed by atoms with van der Waals surface area (Å²) in [6.45, 7) is 1.91. The maximum Gasteiger partial charge on any atom is 0.353 e. The third-order valence-corrected chi connectivity index (χ3v) is 5.06. The van der Waals surface area contributed by atoms with Gasteiger partial charge in [0, 0.05) is 17.1 Å². The smallest absolute Gasteiger partial charge is 0.353 e. The lowest BCUT2D eigenvalue weighted by Crippen LogP contribution is -2.23. The average molecular weight is 378 g/mol. The van der Waals surface area contributed by atoms with Crippen molar-refractivity contribution in [1.82, 2.24) is 15.0 Å². The van der Waals surface area contributed by atoms with Gasteiger partial charge in [-0.1, -0.05) is 37.5 Å². The largest absolute Gasteiger partial charge is 0.361 e. The van der Waals surface area contributed by atoms with Crippen LogP contribution in [0, 0.1) is 17.0 Å². The Bertz CT molecular complexity index is 1020. The zero-order valence-electron chi connectivity index (χ0n) is 15.7. The molecule has 0 unspecified atom stereocenters. The van der Waals surface area contributed by atoms with Crippen LogP contribution in [-0.4, -0.2) is 25.9 Å². The van der Waals surface area contributed by atoms with E-state index >= 15 is 0 Å². The summed E-state index contributed by atoms with van der Waals surface area (Å²) in [6, 6.07) is 9.80. The number of para-hydroxylation sites is 1. The second-order valence-electron chi connectivity index (χ2n) is 7.11. The predicted molar refractivity (Wildman–Crippen MR) is 109 cm³/mol. The molecule has 28 heavy (non-hydrogen) atoms. The number of nitrogens with one attached hydrogen (secondary N) is 2. The predicted octanol–water partition coefficient (Wildman–Crippen LogP) is 4.73. The van der Waals surface area contributed by atoms with Gasteiger partial charge < -0.3 is 10.6 Å². The molecule has 0 radical (unpaired) electrons. The highest BCUT2D eigenvalue weighted by Gasteiger charge is 2.26. The van der Waals surface area contributed by atoms with E-state index in [1.165, 1.54) is 12.7 Å². The van der Waals surface area contributed by atoms with Crippen LogP contribution in [0.3, 0.4) is 0 Å². The third-order valence-electron chi connectivity index (χ3n) is 5.06. The van der Waals surface area contributed by atoms with Gasteiger partial charge in [-0.3, -0.25) is 15.1 Å². The molecule has 2 aromatic heterocycles. The Labute approximate surface area is 162 Å². The summed E-state index contributed by atoms with van der Waals surface area (Å²) in [6.07, 6.45) is 6.81. The Morgan fingerprint density at radius 3 is 2.64 bits per heavy atom. The van der Waals surface area contributed by atoms with Crippen molar-refractivity contribution in [1.29, 1.82) is 0 Å². The van der Waals surface area contributed by atoms with E-state index in [0.717, 1.165) is 42.3 Å². The topological polar surface area (TPSA) is 106 Å². The second kappa shape index (κ2) is 7.75. The number of hydrogen-bond acceptors (Lipinski definition) is 7. The fraction of sp³-hybridized carbons (Fsp3) is 0.350. The summed E-state index contributed by atoms with van der Waals surface area (Å²) in [4.78, 5) is 24.3. The molecule has 2 N–H and O–H groups in total. The van der Waals surface area contributed by atoms with Gasteiger partial charge in [-0.05, 0) is 31.9 Å². The molecule has 4 rings (SSSR count). The Morgan fingerprint density at radius 1 is 1.07 bits per heavy atom. The summed E-state index contributed by atoms with van der Waals surface area (Å²) in [5, 5.41) is 19.1. The summed E-state index contributed by atoms with van der Waals surface area (Å²) in [5.41, 5.74) is 2.15. The van der Waals surface area contributed by atoms with E-state index in [0.29, 0.717) is 5.69 Å². The minimum atomic E-state index is -0.433. The van der Waals surface area contributed by atoms with Gasteiger partial charge >= 0.3 is 5.69 Å². The van der Waals surface area contributed by atoms with E-state index in [9.17, 15) is 10.1 Å². The number of aryl methyl sites for hydroxylation is 1. The quantitative estimate of drug-likeness (QED) is 0.488. The molecule has 1 aromatic carbocycles. The summed E-state index contributed by atoms with van der Waals surface area (Å²) >= 11 is 0. The molecular formula is C20H22N6O2. The Balaban J connectivity index is 1.71. The lowest BCUT2D eigenvalue weighted by molar-refractivity contribution is -0.383. The molecule has 0 spiro atoms. The molecule has 1 aliphatic rings. The first-order chi connectivity index (χ1) is 13.6. The van der Waals surface area contributed by atoms with Gasteiger partial charge in [0.05, 0.1) is 16.1 Å². The molecule has 0 saturated heterocycles. The van der Waals surface area contributed by atoms with Gasteiger partial charge in [-0.15, -0.1) is 0 Å². The van der Waals surface area contributed by atoms with E-state index in [1.807, 2.05) is 37.3 Å². The van der Waals surface area contributed by atoms with E-state index < -0.39 is 4.92 Å². The highest BCUT2D eigenvalue weighted by molar-refractivity contribution is 5.93. The summed E-state index contributed by atoms with van der Waals surface area (Å²) in [5.74, 6) is 0.424. The van der Waals surface area contributed by atoms with Crippen LogP contribution in [0.25, 0.3) is 10.9 Å². The van der Waals surface area contributed by atoms with Crippen LogP contribution in [-0.2, 0) is 0 Å². The lowest BCUT2D eigenvalue weighted by Gasteiger charge is -2.23. The Kier molecular flexibility index (Phi) is 5.01. The molecule has 1 aliphatic carbocycles. The van der Waals surface area contributed by atoms with Crippen molar-refractivity contribution in [2.75, 3.05) is 10.6 Å². The molecule has 1 fully saturated rings.